The smallest absolute Gasteiger partial charge is 0.217 e. The Kier molecular flexibility index (Phi) is 8.48. The summed E-state index contributed by atoms with van der Waals surface area (Å²) in [5, 5.41) is 0. The van der Waals surface area contributed by atoms with Crippen molar-refractivity contribution < 1.29 is 4.79 Å². The second-order valence-corrected chi connectivity index (χ2v) is 2.35. The van der Waals surface area contributed by atoms with E-state index in [0.717, 1.165) is 6.42 Å². The first-order valence-electron chi connectivity index (χ1n) is 3.15. The molecule has 0 bridgehead atoms. The number of primary amides is 1. The van der Waals surface area contributed by atoms with E-state index in [0.29, 0.717) is 18.9 Å². The Balaban J connectivity index is 0. The third-order valence-corrected chi connectivity index (χ3v) is 1.29. The molecule has 3 nitrogen and oxygen atoms in total. The van der Waals surface area contributed by atoms with Crippen molar-refractivity contribution in [1.29, 1.82) is 0 Å². The van der Waals surface area contributed by atoms with Gasteiger partial charge in [-0.05, 0) is 18.9 Å². The maximum Gasteiger partial charge on any atom is 0.217 e. The highest BCUT2D eigenvalue weighted by Crippen LogP contribution is 2.01. The van der Waals surface area contributed by atoms with Crippen LogP contribution in [0.3, 0.4) is 0 Å². The predicted molar refractivity (Wildman–Crippen MR) is 43.9 cm³/mol. The van der Waals surface area contributed by atoms with E-state index in [1.54, 1.807) is 0 Å². The van der Waals surface area contributed by atoms with Crippen LogP contribution < -0.4 is 11.5 Å². The fraction of sp³-hybridized carbons (Fsp3) is 0.833. The van der Waals surface area contributed by atoms with Crippen molar-refractivity contribution in [3.63, 3.8) is 0 Å². The zero-order valence-corrected chi connectivity index (χ0v) is 6.99. The second kappa shape index (κ2) is 6.83. The molecule has 1 unspecified atom stereocenters. The average molecular weight is 167 g/mol. The van der Waals surface area contributed by atoms with Gasteiger partial charge in [0.2, 0.25) is 5.91 Å². The Morgan fingerprint density at radius 2 is 2.10 bits per heavy atom. The SMILES string of the molecule is CC(CN)CCC(N)=O.Cl. The van der Waals surface area contributed by atoms with Gasteiger partial charge < -0.3 is 11.5 Å². The largest absolute Gasteiger partial charge is 0.370 e. The van der Waals surface area contributed by atoms with Gasteiger partial charge in [-0.15, -0.1) is 12.4 Å². The number of carbonyl (C=O) groups is 1. The number of hydrogen-bond acceptors (Lipinski definition) is 2. The highest BCUT2D eigenvalue weighted by molar-refractivity contribution is 5.85. The van der Waals surface area contributed by atoms with Crippen LogP contribution in [0.5, 0.6) is 0 Å². The summed E-state index contributed by atoms with van der Waals surface area (Å²) in [5.41, 5.74) is 10.2. The highest BCUT2D eigenvalue weighted by atomic mass is 35.5. The Hall–Kier alpha value is -0.280. The predicted octanol–water partition coefficient (Wildman–Crippen LogP) is 0.269. The maximum absolute atomic E-state index is 10.2. The molecule has 0 rings (SSSR count). The molecule has 0 saturated heterocycles. The van der Waals surface area contributed by atoms with Crippen LogP contribution in [0.2, 0.25) is 0 Å². The number of amides is 1. The topological polar surface area (TPSA) is 69.1 Å². The van der Waals surface area contributed by atoms with Crippen LogP contribution in [0.1, 0.15) is 19.8 Å². The van der Waals surface area contributed by atoms with Crippen molar-refractivity contribution in [3.8, 4) is 0 Å². The zero-order chi connectivity index (χ0) is 7.28. The molecule has 1 amide bonds. The molecule has 0 aromatic rings. The van der Waals surface area contributed by atoms with Crippen molar-refractivity contribution >= 4 is 18.3 Å². The minimum Gasteiger partial charge on any atom is -0.370 e. The maximum atomic E-state index is 10.2. The first-order valence-corrected chi connectivity index (χ1v) is 3.15. The summed E-state index contributed by atoms with van der Waals surface area (Å²) in [6.45, 7) is 2.64. The lowest BCUT2D eigenvalue weighted by atomic mass is 10.1. The van der Waals surface area contributed by atoms with Crippen molar-refractivity contribution in [3.05, 3.63) is 0 Å². The van der Waals surface area contributed by atoms with E-state index < -0.39 is 0 Å². The molecule has 0 spiro atoms. The summed E-state index contributed by atoms with van der Waals surface area (Å²) in [6, 6.07) is 0. The van der Waals surface area contributed by atoms with Crippen LogP contribution in [-0.2, 0) is 4.79 Å². The lowest BCUT2D eigenvalue weighted by Gasteiger charge is -2.03. The molecular formula is C6H15ClN2O. The molecule has 1 atom stereocenters. The number of hydrogen-bond donors (Lipinski definition) is 2. The van der Waals surface area contributed by atoms with Crippen molar-refractivity contribution in [1.82, 2.24) is 0 Å². The average Bonchev–Trinajstić information content (AvgIpc) is 1.83. The number of rotatable bonds is 4. The molecule has 62 valence electrons. The molecule has 0 aromatic heterocycles. The van der Waals surface area contributed by atoms with Crippen LogP contribution in [0, 0.1) is 5.92 Å². The van der Waals surface area contributed by atoms with Crippen LogP contribution in [0.4, 0.5) is 0 Å². The minimum atomic E-state index is -0.240. The first kappa shape index (κ1) is 12.4. The molecule has 0 fully saturated rings. The molecule has 0 aliphatic carbocycles. The third-order valence-electron chi connectivity index (χ3n) is 1.29. The molecule has 0 heterocycles. The molecular weight excluding hydrogens is 152 g/mol. The Morgan fingerprint density at radius 3 is 2.40 bits per heavy atom. The lowest BCUT2D eigenvalue weighted by molar-refractivity contribution is -0.118. The second-order valence-electron chi connectivity index (χ2n) is 2.35. The number of carbonyl (C=O) groups excluding carboxylic acids is 1. The van der Waals surface area contributed by atoms with E-state index in [4.69, 9.17) is 11.5 Å². The van der Waals surface area contributed by atoms with E-state index in [1.807, 2.05) is 6.92 Å². The van der Waals surface area contributed by atoms with E-state index in [2.05, 4.69) is 0 Å². The summed E-state index contributed by atoms with van der Waals surface area (Å²) in [5.74, 6) is 0.174. The summed E-state index contributed by atoms with van der Waals surface area (Å²) >= 11 is 0. The monoisotopic (exact) mass is 166 g/mol. The quantitative estimate of drug-likeness (QED) is 0.630. The summed E-state index contributed by atoms with van der Waals surface area (Å²) < 4.78 is 0. The van der Waals surface area contributed by atoms with Crippen LogP contribution in [0.25, 0.3) is 0 Å². The Morgan fingerprint density at radius 1 is 1.60 bits per heavy atom. The molecule has 10 heavy (non-hydrogen) atoms. The van der Waals surface area contributed by atoms with Gasteiger partial charge in [-0.3, -0.25) is 4.79 Å². The van der Waals surface area contributed by atoms with E-state index in [9.17, 15) is 4.79 Å². The van der Waals surface area contributed by atoms with Gasteiger partial charge in [-0.1, -0.05) is 6.92 Å². The minimum absolute atomic E-state index is 0. The fourth-order valence-corrected chi connectivity index (χ4v) is 0.507. The van der Waals surface area contributed by atoms with Gasteiger partial charge in [0, 0.05) is 6.42 Å². The fourth-order valence-electron chi connectivity index (χ4n) is 0.507. The van der Waals surface area contributed by atoms with Gasteiger partial charge in [0.1, 0.15) is 0 Å². The lowest BCUT2D eigenvalue weighted by Crippen LogP contribution is -2.16. The zero-order valence-electron chi connectivity index (χ0n) is 6.17. The standard InChI is InChI=1S/C6H14N2O.ClH/c1-5(4-7)2-3-6(8)9;/h5H,2-4,7H2,1H3,(H2,8,9);1H. The number of halogens is 1. The molecule has 0 radical (unpaired) electrons. The van der Waals surface area contributed by atoms with Crippen LogP contribution in [-0.4, -0.2) is 12.5 Å². The van der Waals surface area contributed by atoms with Crippen LogP contribution in [0.15, 0.2) is 0 Å². The molecule has 0 aliphatic heterocycles. The Labute approximate surface area is 67.6 Å². The van der Waals surface area contributed by atoms with E-state index >= 15 is 0 Å². The third kappa shape index (κ3) is 7.72. The van der Waals surface area contributed by atoms with Gasteiger partial charge in [0.15, 0.2) is 0 Å². The van der Waals surface area contributed by atoms with E-state index in [1.165, 1.54) is 0 Å². The first-order chi connectivity index (χ1) is 4.16. The van der Waals surface area contributed by atoms with Crippen molar-refractivity contribution in [2.24, 2.45) is 17.4 Å². The van der Waals surface area contributed by atoms with Gasteiger partial charge in [-0.25, -0.2) is 0 Å². The van der Waals surface area contributed by atoms with E-state index in [-0.39, 0.29) is 18.3 Å². The molecule has 4 N–H and O–H groups in total. The molecule has 4 heteroatoms. The van der Waals surface area contributed by atoms with Gasteiger partial charge in [0.05, 0.1) is 0 Å². The number of nitrogens with two attached hydrogens (primary N) is 2. The normalized spacial score (nSPS) is 11.8. The Bertz CT molecular complexity index is 97.7. The summed E-state index contributed by atoms with van der Waals surface area (Å²) in [7, 11) is 0. The molecule has 0 saturated carbocycles. The highest BCUT2D eigenvalue weighted by Gasteiger charge is 2.00. The summed E-state index contributed by atoms with van der Waals surface area (Å²) in [4.78, 5) is 10.2. The van der Waals surface area contributed by atoms with Gasteiger partial charge >= 0.3 is 0 Å². The summed E-state index contributed by atoms with van der Waals surface area (Å²) in [6.07, 6.45) is 1.27. The molecule has 0 aromatic carbocycles. The van der Waals surface area contributed by atoms with Gasteiger partial charge in [0.25, 0.3) is 0 Å². The van der Waals surface area contributed by atoms with Crippen LogP contribution >= 0.6 is 12.4 Å². The molecule has 0 aliphatic rings. The van der Waals surface area contributed by atoms with Crippen molar-refractivity contribution in [2.75, 3.05) is 6.54 Å². The van der Waals surface area contributed by atoms with Crippen molar-refractivity contribution in [2.45, 2.75) is 19.8 Å². The van der Waals surface area contributed by atoms with Gasteiger partial charge in [-0.2, -0.15) is 0 Å².